The molecule has 1 rings (SSSR count). The summed E-state index contributed by atoms with van der Waals surface area (Å²) in [5, 5.41) is 3.03. The number of nitrogens with zero attached hydrogens (tertiary/aromatic N) is 1. The molecule has 0 aliphatic heterocycles. The Labute approximate surface area is 74.7 Å². The van der Waals surface area contributed by atoms with Crippen LogP contribution < -0.4 is 11.1 Å². The molecule has 0 saturated carbocycles. The summed E-state index contributed by atoms with van der Waals surface area (Å²) in [6.07, 6.45) is 0. The predicted molar refractivity (Wildman–Crippen MR) is 47.3 cm³/mol. The minimum atomic E-state index is -0.596. The van der Waals surface area contributed by atoms with Crippen molar-refractivity contribution in [3.63, 3.8) is 0 Å². The number of nitrogens with two attached hydrogens (primary N) is 1. The van der Waals surface area contributed by atoms with Gasteiger partial charge in [0, 0.05) is 7.05 Å². The monoisotopic (exact) mass is 185 g/mol. The van der Waals surface area contributed by atoms with E-state index in [4.69, 9.17) is 17.3 Å². The Morgan fingerprint density at radius 1 is 1.67 bits per heavy atom. The summed E-state index contributed by atoms with van der Waals surface area (Å²) in [5.41, 5.74) is 5.79. The van der Waals surface area contributed by atoms with Crippen LogP contribution in [0.25, 0.3) is 0 Å². The molecule has 1 aromatic rings. The Balaban J connectivity index is 3.21. The SMILES string of the molecule is CNc1ccc(Cl)nc1C(N)=O. The third kappa shape index (κ3) is 1.65. The molecule has 0 aliphatic rings. The largest absolute Gasteiger partial charge is 0.386 e. The molecule has 3 N–H and O–H groups in total. The summed E-state index contributed by atoms with van der Waals surface area (Å²) < 4.78 is 0. The second-order valence-electron chi connectivity index (χ2n) is 2.14. The number of hydrogen-bond donors (Lipinski definition) is 2. The first kappa shape index (κ1) is 8.80. The maximum absolute atomic E-state index is 10.8. The Hall–Kier alpha value is -1.29. The second kappa shape index (κ2) is 3.40. The Morgan fingerprint density at radius 3 is 2.83 bits per heavy atom. The third-order valence-corrected chi connectivity index (χ3v) is 1.57. The number of nitrogens with one attached hydrogen (secondary N) is 1. The fourth-order valence-corrected chi connectivity index (χ4v) is 0.972. The lowest BCUT2D eigenvalue weighted by Gasteiger charge is -2.03. The van der Waals surface area contributed by atoms with Crippen LogP contribution in [0.4, 0.5) is 5.69 Å². The minimum Gasteiger partial charge on any atom is -0.386 e. The van der Waals surface area contributed by atoms with Gasteiger partial charge < -0.3 is 11.1 Å². The molecule has 1 amide bonds. The lowest BCUT2D eigenvalue weighted by molar-refractivity contribution is 0.0996. The zero-order valence-corrected chi connectivity index (χ0v) is 7.22. The minimum absolute atomic E-state index is 0.157. The van der Waals surface area contributed by atoms with Gasteiger partial charge in [-0.3, -0.25) is 4.79 Å². The smallest absolute Gasteiger partial charge is 0.269 e. The molecule has 0 atom stereocenters. The highest BCUT2D eigenvalue weighted by Gasteiger charge is 2.08. The summed E-state index contributed by atoms with van der Waals surface area (Å²) in [5.74, 6) is -0.596. The first-order valence-electron chi connectivity index (χ1n) is 3.29. The number of hydrogen-bond acceptors (Lipinski definition) is 3. The molecule has 1 heterocycles. The van der Waals surface area contributed by atoms with Gasteiger partial charge in [0.25, 0.3) is 5.91 Å². The van der Waals surface area contributed by atoms with Crippen molar-refractivity contribution >= 4 is 23.2 Å². The standard InChI is InChI=1S/C7H8ClN3O/c1-10-4-2-3-5(8)11-6(4)7(9)12/h2-3,10H,1H3,(H2,9,12). The zero-order valence-electron chi connectivity index (χ0n) is 6.47. The zero-order chi connectivity index (χ0) is 9.14. The van der Waals surface area contributed by atoms with E-state index in [0.29, 0.717) is 5.69 Å². The van der Waals surface area contributed by atoms with Crippen LogP contribution in [0.2, 0.25) is 5.15 Å². The Kier molecular flexibility index (Phi) is 2.50. The van der Waals surface area contributed by atoms with Crippen molar-refractivity contribution in [2.75, 3.05) is 12.4 Å². The number of primary amides is 1. The molecule has 1 aromatic heterocycles. The van der Waals surface area contributed by atoms with Crippen molar-refractivity contribution in [2.24, 2.45) is 5.73 Å². The van der Waals surface area contributed by atoms with Crippen molar-refractivity contribution < 1.29 is 4.79 Å². The van der Waals surface area contributed by atoms with E-state index < -0.39 is 5.91 Å². The van der Waals surface area contributed by atoms with E-state index in [9.17, 15) is 4.79 Å². The van der Waals surface area contributed by atoms with E-state index in [0.717, 1.165) is 0 Å². The number of aromatic nitrogens is 1. The molecule has 0 bridgehead atoms. The van der Waals surface area contributed by atoms with Gasteiger partial charge in [-0.25, -0.2) is 4.98 Å². The third-order valence-electron chi connectivity index (χ3n) is 1.36. The van der Waals surface area contributed by atoms with Crippen LogP contribution in [-0.4, -0.2) is 17.9 Å². The van der Waals surface area contributed by atoms with E-state index in [1.54, 1.807) is 19.2 Å². The molecule has 12 heavy (non-hydrogen) atoms. The van der Waals surface area contributed by atoms with Crippen LogP contribution in [0.1, 0.15) is 10.5 Å². The molecule has 0 aromatic carbocycles. The van der Waals surface area contributed by atoms with Crippen molar-refractivity contribution in [3.8, 4) is 0 Å². The topological polar surface area (TPSA) is 68.0 Å². The molecule has 0 unspecified atom stereocenters. The highest BCUT2D eigenvalue weighted by Crippen LogP contribution is 2.15. The van der Waals surface area contributed by atoms with E-state index in [2.05, 4.69) is 10.3 Å². The lowest BCUT2D eigenvalue weighted by Crippen LogP contribution is -2.15. The number of anilines is 1. The Morgan fingerprint density at radius 2 is 2.33 bits per heavy atom. The van der Waals surface area contributed by atoms with Crippen molar-refractivity contribution in [1.82, 2.24) is 4.98 Å². The van der Waals surface area contributed by atoms with Gasteiger partial charge in [-0.15, -0.1) is 0 Å². The van der Waals surface area contributed by atoms with Gasteiger partial charge in [0.1, 0.15) is 5.15 Å². The van der Waals surface area contributed by atoms with Crippen LogP contribution in [0, 0.1) is 0 Å². The second-order valence-corrected chi connectivity index (χ2v) is 2.53. The number of rotatable bonds is 2. The molecule has 0 aliphatic carbocycles. The van der Waals surface area contributed by atoms with Gasteiger partial charge in [-0.1, -0.05) is 11.6 Å². The van der Waals surface area contributed by atoms with Gasteiger partial charge in [0.15, 0.2) is 5.69 Å². The summed E-state index contributed by atoms with van der Waals surface area (Å²) in [7, 11) is 1.68. The molecular formula is C7H8ClN3O. The van der Waals surface area contributed by atoms with E-state index in [1.807, 2.05) is 0 Å². The van der Waals surface area contributed by atoms with Crippen LogP contribution in [0.3, 0.4) is 0 Å². The maximum Gasteiger partial charge on any atom is 0.269 e. The van der Waals surface area contributed by atoms with Crippen LogP contribution in [0.15, 0.2) is 12.1 Å². The van der Waals surface area contributed by atoms with Gasteiger partial charge in [-0.2, -0.15) is 0 Å². The molecule has 0 saturated heterocycles. The number of halogens is 1. The molecule has 64 valence electrons. The average molecular weight is 186 g/mol. The summed E-state index contributed by atoms with van der Waals surface area (Å²) in [6.45, 7) is 0. The van der Waals surface area contributed by atoms with E-state index in [-0.39, 0.29) is 10.8 Å². The first-order chi connectivity index (χ1) is 5.65. The summed E-state index contributed by atoms with van der Waals surface area (Å²) >= 11 is 5.57. The van der Waals surface area contributed by atoms with E-state index >= 15 is 0 Å². The normalized spacial score (nSPS) is 9.50. The Bertz CT molecular complexity index is 314. The lowest BCUT2D eigenvalue weighted by atomic mass is 10.3. The van der Waals surface area contributed by atoms with Crippen molar-refractivity contribution in [3.05, 3.63) is 23.0 Å². The fraction of sp³-hybridized carbons (Fsp3) is 0.143. The number of carbonyl (C=O) groups is 1. The molecular weight excluding hydrogens is 178 g/mol. The van der Waals surface area contributed by atoms with Gasteiger partial charge >= 0.3 is 0 Å². The van der Waals surface area contributed by atoms with Crippen LogP contribution in [-0.2, 0) is 0 Å². The molecule has 0 fully saturated rings. The highest BCUT2D eigenvalue weighted by atomic mass is 35.5. The number of pyridine rings is 1. The van der Waals surface area contributed by atoms with Gasteiger partial charge in [0.05, 0.1) is 5.69 Å². The van der Waals surface area contributed by atoms with Crippen LogP contribution >= 0.6 is 11.6 Å². The van der Waals surface area contributed by atoms with E-state index in [1.165, 1.54) is 0 Å². The van der Waals surface area contributed by atoms with Gasteiger partial charge in [0.2, 0.25) is 0 Å². The van der Waals surface area contributed by atoms with Crippen molar-refractivity contribution in [2.45, 2.75) is 0 Å². The number of carbonyl (C=O) groups excluding carboxylic acids is 1. The molecule has 5 heteroatoms. The predicted octanol–water partition coefficient (Wildman–Crippen LogP) is 0.876. The number of amides is 1. The highest BCUT2D eigenvalue weighted by molar-refractivity contribution is 6.29. The fourth-order valence-electron chi connectivity index (χ4n) is 0.825. The summed E-state index contributed by atoms with van der Waals surface area (Å²) in [6, 6.07) is 3.23. The summed E-state index contributed by atoms with van der Waals surface area (Å²) in [4.78, 5) is 14.6. The average Bonchev–Trinajstić information content (AvgIpc) is 2.04. The van der Waals surface area contributed by atoms with Crippen LogP contribution in [0.5, 0.6) is 0 Å². The van der Waals surface area contributed by atoms with Gasteiger partial charge in [-0.05, 0) is 12.1 Å². The maximum atomic E-state index is 10.8. The molecule has 0 spiro atoms. The van der Waals surface area contributed by atoms with Crippen molar-refractivity contribution in [1.29, 1.82) is 0 Å². The molecule has 0 radical (unpaired) electrons. The molecule has 4 nitrogen and oxygen atoms in total. The quantitative estimate of drug-likeness (QED) is 0.672. The first-order valence-corrected chi connectivity index (χ1v) is 3.67.